The summed E-state index contributed by atoms with van der Waals surface area (Å²) in [5.74, 6) is 0.639. The molecule has 20 heavy (non-hydrogen) atoms. The molecule has 0 spiro atoms. The van der Waals surface area contributed by atoms with Gasteiger partial charge in [-0.05, 0) is 24.6 Å². The Morgan fingerprint density at radius 2 is 2.05 bits per heavy atom. The summed E-state index contributed by atoms with van der Waals surface area (Å²) in [6.45, 7) is 2.10. The molecule has 1 atom stereocenters. The van der Waals surface area contributed by atoms with Crippen LogP contribution >= 0.6 is 0 Å². The van der Waals surface area contributed by atoms with E-state index in [0.29, 0.717) is 12.2 Å². The van der Waals surface area contributed by atoms with Crippen LogP contribution in [0, 0.1) is 0 Å². The summed E-state index contributed by atoms with van der Waals surface area (Å²) < 4.78 is 26.6. The standard InChI is InChI=1S/C12H17N5O2S/c1-9(13)10-2-4-11(5-3-10)20(18,19)16-7-6-12-14-8-15-17-12/h2-5,8-9,16H,6-7,13H2,1H3,(H,14,15,17). The molecule has 8 heteroatoms. The van der Waals surface area contributed by atoms with Crippen LogP contribution in [0.1, 0.15) is 24.4 Å². The molecule has 0 saturated carbocycles. The lowest BCUT2D eigenvalue weighted by atomic mass is 10.1. The van der Waals surface area contributed by atoms with E-state index in [9.17, 15) is 8.42 Å². The van der Waals surface area contributed by atoms with Crippen LogP contribution in [-0.4, -0.2) is 30.1 Å². The third-order valence-electron chi connectivity index (χ3n) is 2.83. The molecular formula is C12H17N5O2S. The Bertz CT molecular complexity index is 635. The lowest BCUT2D eigenvalue weighted by Gasteiger charge is -2.08. The zero-order valence-electron chi connectivity index (χ0n) is 11.1. The van der Waals surface area contributed by atoms with Gasteiger partial charge < -0.3 is 5.73 Å². The molecular weight excluding hydrogens is 278 g/mol. The lowest BCUT2D eigenvalue weighted by molar-refractivity contribution is 0.581. The minimum Gasteiger partial charge on any atom is -0.324 e. The number of aromatic nitrogens is 3. The van der Waals surface area contributed by atoms with Crippen molar-refractivity contribution in [1.29, 1.82) is 0 Å². The predicted octanol–water partition coefficient (Wildman–Crippen LogP) is 0.345. The Hall–Kier alpha value is -1.77. The van der Waals surface area contributed by atoms with Gasteiger partial charge in [-0.1, -0.05) is 12.1 Å². The first kappa shape index (κ1) is 14.6. The number of nitrogens with one attached hydrogen (secondary N) is 2. The molecule has 1 heterocycles. The van der Waals surface area contributed by atoms with Gasteiger partial charge in [-0.3, -0.25) is 5.10 Å². The van der Waals surface area contributed by atoms with Crippen molar-refractivity contribution in [3.8, 4) is 0 Å². The molecule has 2 rings (SSSR count). The minimum atomic E-state index is -3.51. The first-order valence-corrected chi connectivity index (χ1v) is 7.67. The van der Waals surface area contributed by atoms with Gasteiger partial charge in [0.1, 0.15) is 12.2 Å². The van der Waals surface area contributed by atoms with E-state index in [2.05, 4.69) is 19.9 Å². The number of benzene rings is 1. The van der Waals surface area contributed by atoms with Crippen LogP contribution in [0.25, 0.3) is 0 Å². The van der Waals surface area contributed by atoms with Crippen molar-refractivity contribution in [3.63, 3.8) is 0 Å². The average molecular weight is 295 g/mol. The van der Waals surface area contributed by atoms with Crippen molar-refractivity contribution in [3.05, 3.63) is 42.0 Å². The molecule has 0 aliphatic rings. The van der Waals surface area contributed by atoms with Crippen molar-refractivity contribution in [1.82, 2.24) is 19.9 Å². The molecule has 0 fully saturated rings. The molecule has 1 aromatic heterocycles. The number of nitrogens with two attached hydrogens (primary N) is 1. The van der Waals surface area contributed by atoms with E-state index in [4.69, 9.17) is 5.73 Å². The summed E-state index contributed by atoms with van der Waals surface area (Å²) in [5.41, 5.74) is 6.62. The first-order chi connectivity index (χ1) is 9.49. The van der Waals surface area contributed by atoms with E-state index in [1.54, 1.807) is 24.3 Å². The maximum atomic E-state index is 12.1. The van der Waals surface area contributed by atoms with E-state index in [1.807, 2.05) is 6.92 Å². The number of hydrogen-bond donors (Lipinski definition) is 3. The van der Waals surface area contributed by atoms with Gasteiger partial charge in [0.05, 0.1) is 4.90 Å². The number of nitrogens with zero attached hydrogens (tertiary/aromatic N) is 2. The second-order valence-electron chi connectivity index (χ2n) is 4.44. The summed E-state index contributed by atoms with van der Waals surface area (Å²) in [5, 5.41) is 6.37. The fraction of sp³-hybridized carbons (Fsp3) is 0.333. The van der Waals surface area contributed by atoms with E-state index in [1.165, 1.54) is 6.33 Å². The largest absolute Gasteiger partial charge is 0.324 e. The molecule has 0 amide bonds. The number of rotatable bonds is 6. The van der Waals surface area contributed by atoms with Gasteiger partial charge in [0, 0.05) is 19.0 Å². The zero-order valence-corrected chi connectivity index (χ0v) is 11.9. The van der Waals surface area contributed by atoms with Crippen LogP contribution in [-0.2, 0) is 16.4 Å². The molecule has 7 nitrogen and oxygen atoms in total. The number of hydrogen-bond acceptors (Lipinski definition) is 5. The van der Waals surface area contributed by atoms with Crippen LogP contribution in [0.15, 0.2) is 35.5 Å². The molecule has 1 unspecified atom stereocenters. The maximum absolute atomic E-state index is 12.1. The molecule has 0 radical (unpaired) electrons. The summed E-state index contributed by atoms with van der Waals surface area (Å²) in [6, 6.07) is 6.42. The van der Waals surface area contributed by atoms with Crippen molar-refractivity contribution in [2.24, 2.45) is 5.73 Å². The Labute approximate surface area is 117 Å². The monoisotopic (exact) mass is 295 g/mol. The van der Waals surface area contributed by atoms with Crippen LogP contribution in [0.5, 0.6) is 0 Å². The fourth-order valence-corrected chi connectivity index (χ4v) is 2.72. The lowest BCUT2D eigenvalue weighted by Crippen LogP contribution is -2.26. The predicted molar refractivity (Wildman–Crippen MR) is 74.3 cm³/mol. The molecule has 1 aromatic carbocycles. The van der Waals surface area contributed by atoms with Crippen molar-refractivity contribution >= 4 is 10.0 Å². The highest BCUT2D eigenvalue weighted by Gasteiger charge is 2.13. The van der Waals surface area contributed by atoms with E-state index in [-0.39, 0.29) is 17.5 Å². The third-order valence-corrected chi connectivity index (χ3v) is 4.31. The average Bonchev–Trinajstić information content (AvgIpc) is 2.92. The first-order valence-electron chi connectivity index (χ1n) is 6.18. The highest BCUT2D eigenvalue weighted by molar-refractivity contribution is 7.89. The fourth-order valence-electron chi connectivity index (χ4n) is 1.69. The second-order valence-corrected chi connectivity index (χ2v) is 6.20. The zero-order chi connectivity index (χ0) is 14.6. The SMILES string of the molecule is CC(N)c1ccc(S(=O)(=O)NCCc2ncn[nH]2)cc1. The Kier molecular flexibility index (Phi) is 4.48. The Balaban J connectivity index is 1.99. The van der Waals surface area contributed by atoms with E-state index < -0.39 is 10.0 Å². The van der Waals surface area contributed by atoms with E-state index >= 15 is 0 Å². The van der Waals surface area contributed by atoms with Crippen LogP contribution < -0.4 is 10.5 Å². The third kappa shape index (κ3) is 3.62. The van der Waals surface area contributed by atoms with Gasteiger partial charge in [-0.15, -0.1) is 0 Å². The van der Waals surface area contributed by atoms with Crippen LogP contribution in [0.3, 0.4) is 0 Å². The Morgan fingerprint density at radius 3 is 2.60 bits per heavy atom. The quantitative estimate of drug-likeness (QED) is 0.711. The van der Waals surface area contributed by atoms with Gasteiger partial charge in [0.2, 0.25) is 10.0 Å². The van der Waals surface area contributed by atoms with Crippen LogP contribution in [0.2, 0.25) is 0 Å². The molecule has 4 N–H and O–H groups in total. The van der Waals surface area contributed by atoms with Gasteiger partial charge in [-0.2, -0.15) is 5.10 Å². The number of H-pyrrole nitrogens is 1. The molecule has 0 aliphatic carbocycles. The summed E-state index contributed by atoms with van der Waals surface area (Å²) in [7, 11) is -3.51. The van der Waals surface area contributed by atoms with Crippen molar-refractivity contribution in [2.45, 2.75) is 24.3 Å². The topological polar surface area (TPSA) is 114 Å². The number of sulfonamides is 1. The Morgan fingerprint density at radius 1 is 1.35 bits per heavy atom. The van der Waals surface area contributed by atoms with Gasteiger partial charge in [0.25, 0.3) is 0 Å². The number of aromatic amines is 1. The molecule has 0 bridgehead atoms. The summed E-state index contributed by atoms with van der Waals surface area (Å²) in [4.78, 5) is 4.15. The smallest absolute Gasteiger partial charge is 0.240 e. The highest BCUT2D eigenvalue weighted by atomic mass is 32.2. The van der Waals surface area contributed by atoms with Gasteiger partial charge in [0.15, 0.2) is 0 Å². The molecule has 0 aliphatic heterocycles. The van der Waals surface area contributed by atoms with Crippen molar-refractivity contribution < 1.29 is 8.42 Å². The summed E-state index contributed by atoms with van der Waals surface area (Å²) in [6.07, 6.45) is 1.84. The molecule has 2 aromatic rings. The van der Waals surface area contributed by atoms with Gasteiger partial charge in [-0.25, -0.2) is 18.1 Å². The second kappa shape index (κ2) is 6.12. The normalized spacial score (nSPS) is 13.3. The summed E-state index contributed by atoms with van der Waals surface area (Å²) >= 11 is 0. The van der Waals surface area contributed by atoms with Gasteiger partial charge >= 0.3 is 0 Å². The van der Waals surface area contributed by atoms with Crippen LogP contribution in [0.4, 0.5) is 0 Å². The molecule has 0 saturated heterocycles. The van der Waals surface area contributed by atoms with Crippen molar-refractivity contribution in [2.75, 3.05) is 6.54 Å². The highest BCUT2D eigenvalue weighted by Crippen LogP contribution is 2.14. The minimum absolute atomic E-state index is 0.119. The maximum Gasteiger partial charge on any atom is 0.240 e. The van der Waals surface area contributed by atoms with E-state index in [0.717, 1.165) is 5.56 Å². The molecule has 108 valence electrons.